The van der Waals surface area contributed by atoms with Crippen LogP contribution >= 0.6 is 0 Å². The van der Waals surface area contributed by atoms with Crippen LogP contribution in [0.2, 0.25) is 0 Å². The van der Waals surface area contributed by atoms with Gasteiger partial charge in [0.25, 0.3) is 5.91 Å². The van der Waals surface area contributed by atoms with E-state index in [-0.39, 0.29) is 5.91 Å². The number of rotatable bonds is 5. The average Bonchev–Trinajstić information content (AvgIpc) is 3.17. The number of benzene rings is 3. The molecule has 0 saturated heterocycles. The third-order valence-electron chi connectivity index (χ3n) is 5.40. The number of nitrogens with zero attached hydrogens (tertiary/aromatic N) is 1. The molecule has 0 atom stereocenters. The maximum absolute atomic E-state index is 13.0. The van der Waals surface area contributed by atoms with Crippen LogP contribution in [0.3, 0.4) is 0 Å². The van der Waals surface area contributed by atoms with Crippen LogP contribution in [0.4, 0.5) is 11.6 Å². The molecule has 4 nitrogen and oxygen atoms in total. The van der Waals surface area contributed by atoms with Crippen molar-refractivity contribution in [1.29, 1.82) is 0 Å². The van der Waals surface area contributed by atoms with Crippen LogP contribution in [0.15, 0.2) is 91.0 Å². The molecular formula is C26H21N3O. The van der Waals surface area contributed by atoms with Gasteiger partial charge in [-0.15, -0.1) is 0 Å². The Balaban J connectivity index is 1.33. The van der Waals surface area contributed by atoms with E-state index in [1.165, 1.54) is 16.7 Å². The third kappa shape index (κ3) is 3.55. The Labute approximate surface area is 175 Å². The second-order valence-corrected chi connectivity index (χ2v) is 7.37. The molecule has 0 saturated carbocycles. The SMILES string of the molecule is O=C(Nc1cccc(NCc2ccccc2)n1)c1cccc2c1Cc1ccccc1-2. The van der Waals surface area contributed by atoms with Gasteiger partial charge in [0, 0.05) is 12.1 Å². The van der Waals surface area contributed by atoms with E-state index in [0.29, 0.717) is 17.9 Å². The van der Waals surface area contributed by atoms with Gasteiger partial charge in [0.2, 0.25) is 0 Å². The van der Waals surface area contributed by atoms with Gasteiger partial charge in [-0.05, 0) is 52.4 Å². The highest BCUT2D eigenvalue weighted by molar-refractivity contribution is 6.06. The Hall–Kier alpha value is -3.92. The molecule has 0 bridgehead atoms. The highest BCUT2D eigenvalue weighted by atomic mass is 16.1. The number of aromatic nitrogens is 1. The molecule has 1 amide bonds. The summed E-state index contributed by atoms with van der Waals surface area (Å²) in [6.45, 7) is 0.676. The number of carbonyl (C=O) groups is 1. The molecular weight excluding hydrogens is 370 g/mol. The zero-order chi connectivity index (χ0) is 20.3. The maximum Gasteiger partial charge on any atom is 0.257 e. The molecule has 0 radical (unpaired) electrons. The smallest absolute Gasteiger partial charge is 0.257 e. The average molecular weight is 391 g/mol. The molecule has 1 heterocycles. The molecule has 5 rings (SSSR count). The maximum atomic E-state index is 13.0. The number of hydrogen-bond donors (Lipinski definition) is 2. The molecule has 4 aromatic rings. The van der Waals surface area contributed by atoms with Crippen molar-refractivity contribution in [1.82, 2.24) is 4.98 Å². The van der Waals surface area contributed by atoms with E-state index in [0.717, 1.165) is 23.4 Å². The fraction of sp³-hybridized carbons (Fsp3) is 0.0769. The standard InChI is InChI=1S/C26H21N3O/c30-26(22-13-6-12-21-20-11-5-4-10-19(20)16-23(21)22)29-25-15-7-14-24(28-25)27-17-18-8-2-1-3-9-18/h1-15H,16-17H2,(H2,27,28,29,30). The molecule has 1 aromatic heterocycles. The van der Waals surface area contributed by atoms with E-state index >= 15 is 0 Å². The summed E-state index contributed by atoms with van der Waals surface area (Å²) in [5.74, 6) is 1.13. The first-order valence-corrected chi connectivity index (χ1v) is 10.0. The van der Waals surface area contributed by atoms with Crippen LogP contribution in [-0.4, -0.2) is 10.9 Å². The van der Waals surface area contributed by atoms with E-state index < -0.39 is 0 Å². The molecule has 4 heteroatoms. The number of anilines is 2. The molecule has 3 aromatic carbocycles. The highest BCUT2D eigenvalue weighted by Gasteiger charge is 2.23. The van der Waals surface area contributed by atoms with Crippen molar-refractivity contribution in [2.24, 2.45) is 0 Å². The van der Waals surface area contributed by atoms with Crippen LogP contribution in [0.5, 0.6) is 0 Å². The van der Waals surface area contributed by atoms with Gasteiger partial charge in [0.15, 0.2) is 0 Å². The molecule has 0 aliphatic heterocycles. The van der Waals surface area contributed by atoms with Gasteiger partial charge in [0.05, 0.1) is 0 Å². The predicted molar refractivity (Wildman–Crippen MR) is 121 cm³/mol. The van der Waals surface area contributed by atoms with Crippen LogP contribution in [0.1, 0.15) is 27.0 Å². The van der Waals surface area contributed by atoms with Crippen molar-refractivity contribution < 1.29 is 4.79 Å². The summed E-state index contributed by atoms with van der Waals surface area (Å²) >= 11 is 0. The summed E-state index contributed by atoms with van der Waals surface area (Å²) in [5.41, 5.74) is 6.57. The van der Waals surface area contributed by atoms with E-state index in [9.17, 15) is 4.79 Å². The van der Waals surface area contributed by atoms with Gasteiger partial charge >= 0.3 is 0 Å². The Morgan fingerprint density at radius 1 is 0.767 bits per heavy atom. The van der Waals surface area contributed by atoms with Crippen molar-refractivity contribution in [2.75, 3.05) is 10.6 Å². The second-order valence-electron chi connectivity index (χ2n) is 7.37. The normalized spacial score (nSPS) is 11.5. The highest BCUT2D eigenvalue weighted by Crippen LogP contribution is 2.38. The molecule has 1 aliphatic carbocycles. The van der Waals surface area contributed by atoms with Gasteiger partial charge in [-0.2, -0.15) is 0 Å². The first-order valence-electron chi connectivity index (χ1n) is 10.0. The quantitative estimate of drug-likeness (QED) is 0.415. The minimum absolute atomic E-state index is 0.132. The van der Waals surface area contributed by atoms with Crippen molar-refractivity contribution in [3.8, 4) is 11.1 Å². The van der Waals surface area contributed by atoms with E-state index in [1.54, 1.807) is 0 Å². The lowest BCUT2D eigenvalue weighted by Crippen LogP contribution is -2.15. The fourth-order valence-corrected chi connectivity index (χ4v) is 3.94. The number of amides is 1. The van der Waals surface area contributed by atoms with E-state index in [1.807, 2.05) is 60.7 Å². The monoisotopic (exact) mass is 391 g/mol. The summed E-state index contributed by atoms with van der Waals surface area (Å²) < 4.78 is 0. The van der Waals surface area contributed by atoms with E-state index in [4.69, 9.17) is 0 Å². The summed E-state index contributed by atoms with van der Waals surface area (Å²) in [5, 5.41) is 6.27. The third-order valence-corrected chi connectivity index (χ3v) is 5.40. The predicted octanol–water partition coefficient (Wildman–Crippen LogP) is 5.52. The fourth-order valence-electron chi connectivity index (χ4n) is 3.94. The van der Waals surface area contributed by atoms with Gasteiger partial charge < -0.3 is 10.6 Å². The lowest BCUT2D eigenvalue weighted by molar-refractivity contribution is 0.102. The van der Waals surface area contributed by atoms with Crippen molar-refractivity contribution >= 4 is 17.5 Å². The Morgan fingerprint density at radius 3 is 2.40 bits per heavy atom. The van der Waals surface area contributed by atoms with Gasteiger partial charge in [0.1, 0.15) is 11.6 Å². The van der Waals surface area contributed by atoms with E-state index in [2.05, 4.69) is 45.9 Å². The number of hydrogen-bond acceptors (Lipinski definition) is 3. The molecule has 0 unspecified atom stereocenters. The molecule has 0 fully saturated rings. The minimum atomic E-state index is -0.132. The number of carbonyl (C=O) groups excluding carboxylic acids is 1. The first-order chi connectivity index (χ1) is 14.8. The summed E-state index contributed by atoms with van der Waals surface area (Å²) in [7, 11) is 0. The number of fused-ring (bicyclic) bond motifs is 3. The van der Waals surface area contributed by atoms with Crippen molar-refractivity contribution in [3.63, 3.8) is 0 Å². The molecule has 1 aliphatic rings. The largest absolute Gasteiger partial charge is 0.366 e. The zero-order valence-electron chi connectivity index (χ0n) is 16.4. The minimum Gasteiger partial charge on any atom is -0.366 e. The number of pyridine rings is 1. The Kier molecular flexibility index (Phi) is 4.74. The summed E-state index contributed by atoms with van der Waals surface area (Å²) in [6, 6.07) is 30.0. The van der Waals surface area contributed by atoms with Crippen LogP contribution < -0.4 is 10.6 Å². The van der Waals surface area contributed by atoms with Gasteiger partial charge in [-0.3, -0.25) is 4.79 Å². The van der Waals surface area contributed by atoms with Gasteiger partial charge in [-0.25, -0.2) is 4.98 Å². The number of nitrogens with one attached hydrogen (secondary N) is 2. The van der Waals surface area contributed by atoms with Crippen molar-refractivity contribution in [2.45, 2.75) is 13.0 Å². The van der Waals surface area contributed by atoms with Gasteiger partial charge in [-0.1, -0.05) is 72.8 Å². The Bertz CT molecular complexity index is 1220. The molecule has 2 N–H and O–H groups in total. The Morgan fingerprint density at radius 2 is 1.50 bits per heavy atom. The second kappa shape index (κ2) is 7.84. The zero-order valence-corrected chi connectivity index (χ0v) is 16.4. The summed E-state index contributed by atoms with van der Waals surface area (Å²) in [6.07, 6.45) is 0.779. The molecule has 30 heavy (non-hydrogen) atoms. The van der Waals surface area contributed by atoms with Crippen LogP contribution in [-0.2, 0) is 13.0 Å². The lowest BCUT2D eigenvalue weighted by atomic mass is 10.0. The van der Waals surface area contributed by atoms with Crippen LogP contribution in [0, 0.1) is 0 Å². The molecule has 0 spiro atoms. The first kappa shape index (κ1) is 18.1. The summed E-state index contributed by atoms with van der Waals surface area (Å²) in [4.78, 5) is 17.6. The lowest BCUT2D eigenvalue weighted by Gasteiger charge is -2.11. The molecule has 146 valence electrons. The van der Waals surface area contributed by atoms with Crippen LogP contribution in [0.25, 0.3) is 11.1 Å². The topological polar surface area (TPSA) is 54.0 Å². The van der Waals surface area contributed by atoms with Crippen molar-refractivity contribution in [3.05, 3.63) is 113 Å².